The second kappa shape index (κ2) is 7.13. The van der Waals surface area contributed by atoms with E-state index in [1.165, 1.54) is 12.1 Å². The third-order valence-electron chi connectivity index (χ3n) is 2.48. The number of carbonyl (C=O) groups is 1. The van der Waals surface area contributed by atoms with Crippen molar-refractivity contribution in [1.82, 2.24) is 10.6 Å². The first kappa shape index (κ1) is 15.5. The smallest absolute Gasteiger partial charge is 0.351 e. The molecule has 1 amide bonds. The minimum atomic E-state index is -4.33. The van der Waals surface area contributed by atoms with Crippen molar-refractivity contribution in [2.24, 2.45) is 0 Å². The molecule has 106 valence electrons. The number of alkyl halides is 3. The van der Waals surface area contributed by atoms with Crippen LogP contribution in [0.15, 0.2) is 24.3 Å². The van der Waals surface area contributed by atoms with Crippen LogP contribution in [0.5, 0.6) is 0 Å². The molecule has 0 aliphatic heterocycles. The van der Waals surface area contributed by atoms with Gasteiger partial charge in [0.15, 0.2) is 0 Å². The monoisotopic (exact) mass is 274 g/mol. The van der Waals surface area contributed by atoms with E-state index in [2.05, 4.69) is 10.6 Å². The Morgan fingerprint density at radius 2 is 1.84 bits per heavy atom. The largest absolute Gasteiger partial charge is 0.416 e. The molecule has 0 fully saturated rings. The van der Waals surface area contributed by atoms with E-state index < -0.39 is 11.7 Å². The van der Waals surface area contributed by atoms with Crippen LogP contribution < -0.4 is 10.6 Å². The fraction of sp³-hybridized carbons (Fsp3) is 0.462. The minimum absolute atomic E-state index is 0.173. The van der Waals surface area contributed by atoms with E-state index in [-0.39, 0.29) is 19.0 Å². The Morgan fingerprint density at radius 1 is 1.21 bits per heavy atom. The van der Waals surface area contributed by atoms with Crippen LogP contribution in [0.1, 0.15) is 24.5 Å². The second-order valence-corrected chi connectivity index (χ2v) is 4.15. The number of amides is 1. The summed E-state index contributed by atoms with van der Waals surface area (Å²) in [5, 5.41) is 5.57. The molecule has 0 saturated carbocycles. The molecule has 0 aromatic heterocycles. The molecule has 0 spiro atoms. The van der Waals surface area contributed by atoms with Gasteiger partial charge in [0.2, 0.25) is 5.91 Å². The molecule has 0 aliphatic carbocycles. The lowest BCUT2D eigenvalue weighted by Crippen LogP contribution is -2.33. The Morgan fingerprint density at radius 3 is 2.37 bits per heavy atom. The summed E-state index contributed by atoms with van der Waals surface area (Å²) in [7, 11) is 0. The van der Waals surface area contributed by atoms with Crippen LogP contribution in [0.2, 0.25) is 0 Å². The first-order chi connectivity index (χ1) is 8.93. The molecule has 0 bridgehead atoms. The van der Waals surface area contributed by atoms with Crippen molar-refractivity contribution in [1.29, 1.82) is 0 Å². The third kappa shape index (κ3) is 5.74. The SMILES string of the molecule is CCCNCC(=O)NCc1ccc(C(F)(F)F)cc1. The molecule has 19 heavy (non-hydrogen) atoms. The zero-order chi connectivity index (χ0) is 14.3. The van der Waals surface area contributed by atoms with Crippen molar-refractivity contribution in [2.45, 2.75) is 26.1 Å². The van der Waals surface area contributed by atoms with Gasteiger partial charge in [0.25, 0.3) is 0 Å². The zero-order valence-electron chi connectivity index (χ0n) is 10.7. The highest BCUT2D eigenvalue weighted by Gasteiger charge is 2.29. The number of carbonyl (C=O) groups excluding carboxylic acids is 1. The summed E-state index contributed by atoms with van der Waals surface area (Å²) >= 11 is 0. The molecule has 1 rings (SSSR count). The average Bonchev–Trinajstić information content (AvgIpc) is 2.36. The zero-order valence-corrected chi connectivity index (χ0v) is 10.7. The highest BCUT2D eigenvalue weighted by Crippen LogP contribution is 2.28. The molecule has 0 radical (unpaired) electrons. The number of rotatable bonds is 6. The van der Waals surface area contributed by atoms with Gasteiger partial charge in [-0.05, 0) is 30.7 Å². The van der Waals surface area contributed by atoms with E-state index in [4.69, 9.17) is 0 Å². The Balaban J connectivity index is 2.40. The summed E-state index contributed by atoms with van der Waals surface area (Å²) in [5.41, 5.74) is -0.0518. The maximum Gasteiger partial charge on any atom is 0.416 e. The van der Waals surface area contributed by atoms with E-state index in [1.807, 2.05) is 6.92 Å². The van der Waals surface area contributed by atoms with Gasteiger partial charge in [-0.1, -0.05) is 19.1 Å². The molecule has 1 aromatic rings. The van der Waals surface area contributed by atoms with Crippen LogP contribution in [-0.4, -0.2) is 19.0 Å². The average molecular weight is 274 g/mol. The first-order valence-corrected chi connectivity index (χ1v) is 6.07. The van der Waals surface area contributed by atoms with Gasteiger partial charge in [-0.3, -0.25) is 4.79 Å². The lowest BCUT2D eigenvalue weighted by atomic mass is 10.1. The van der Waals surface area contributed by atoms with Crippen molar-refractivity contribution >= 4 is 5.91 Å². The number of hydrogen-bond acceptors (Lipinski definition) is 2. The van der Waals surface area contributed by atoms with Crippen molar-refractivity contribution in [2.75, 3.05) is 13.1 Å². The molecule has 6 heteroatoms. The number of benzene rings is 1. The predicted molar refractivity (Wildman–Crippen MR) is 66.5 cm³/mol. The topological polar surface area (TPSA) is 41.1 Å². The summed E-state index contributed by atoms with van der Waals surface area (Å²) in [6.07, 6.45) is -3.39. The van der Waals surface area contributed by atoms with Gasteiger partial charge >= 0.3 is 6.18 Å². The van der Waals surface area contributed by atoms with Crippen molar-refractivity contribution in [3.63, 3.8) is 0 Å². The molecule has 0 atom stereocenters. The Hall–Kier alpha value is -1.56. The van der Waals surface area contributed by atoms with Crippen LogP contribution >= 0.6 is 0 Å². The summed E-state index contributed by atoms with van der Waals surface area (Å²) in [5.74, 6) is -0.173. The number of halogens is 3. The van der Waals surface area contributed by atoms with E-state index >= 15 is 0 Å². The van der Waals surface area contributed by atoms with Gasteiger partial charge in [-0.15, -0.1) is 0 Å². The van der Waals surface area contributed by atoms with Crippen LogP contribution in [0, 0.1) is 0 Å². The second-order valence-electron chi connectivity index (χ2n) is 4.15. The van der Waals surface area contributed by atoms with Crippen LogP contribution in [0.3, 0.4) is 0 Å². The molecular weight excluding hydrogens is 257 g/mol. The summed E-state index contributed by atoms with van der Waals surface area (Å²) in [6, 6.07) is 4.75. The normalized spacial score (nSPS) is 11.4. The van der Waals surface area contributed by atoms with E-state index in [0.29, 0.717) is 5.56 Å². The van der Waals surface area contributed by atoms with E-state index in [1.54, 1.807) is 0 Å². The Kier molecular flexibility index (Phi) is 5.82. The van der Waals surface area contributed by atoms with Gasteiger partial charge in [-0.2, -0.15) is 13.2 Å². The molecule has 2 N–H and O–H groups in total. The highest BCUT2D eigenvalue weighted by molar-refractivity contribution is 5.77. The van der Waals surface area contributed by atoms with Gasteiger partial charge in [-0.25, -0.2) is 0 Å². The van der Waals surface area contributed by atoms with Gasteiger partial charge in [0.05, 0.1) is 12.1 Å². The maximum absolute atomic E-state index is 12.3. The fourth-order valence-electron chi connectivity index (χ4n) is 1.45. The van der Waals surface area contributed by atoms with Crippen molar-refractivity contribution in [3.8, 4) is 0 Å². The lowest BCUT2D eigenvalue weighted by Gasteiger charge is -2.09. The van der Waals surface area contributed by atoms with Crippen LogP contribution in [0.4, 0.5) is 13.2 Å². The Labute approximate surface area is 110 Å². The summed E-state index contributed by atoms with van der Waals surface area (Å²) < 4.78 is 37.0. The standard InChI is InChI=1S/C13H17F3N2O/c1-2-7-17-9-12(19)18-8-10-3-5-11(6-4-10)13(14,15)16/h3-6,17H,2,7-9H2,1H3,(H,18,19). The Bertz CT molecular complexity index is 401. The molecule has 1 aromatic carbocycles. The molecule has 0 unspecified atom stereocenters. The summed E-state index contributed by atoms with van der Waals surface area (Å²) in [6.45, 7) is 3.19. The van der Waals surface area contributed by atoms with Crippen LogP contribution in [0.25, 0.3) is 0 Å². The molecule has 0 heterocycles. The first-order valence-electron chi connectivity index (χ1n) is 6.07. The predicted octanol–water partition coefficient (Wildman–Crippen LogP) is 2.32. The molecule has 0 saturated heterocycles. The molecule has 3 nitrogen and oxygen atoms in total. The minimum Gasteiger partial charge on any atom is -0.351 e. The summed E-state index contributed by atoms with van der Waals surface area (Å²) in [4.78, 5) is 11.4. The van der Waals surface area contributed by atoms with Crippen LogP contribution in [-0.2, 0) is 17.5 Å². The van der Waals surface area contributed by atoms with Gasteiger partial charge < -0.3 is 10.6 Å². The highest BCUT2D eigenvalue weighted by atomic mass is 19.4. The fourth-order valence-corrected chi connectivity index (χ4v) is 1.45. The third-order valence-corrected chi connectivity index (χ3v) is 2.48. The maximum atomic E-state index is 12.3. The lowest BCUT2D eigenvalue weighted by molar-refractivity contribution is -0.137. The van der Waals surface area contributed by atoms with E-state index in [9.17, 15) is 18.0 Å². The molecular formula is C13H17F3N2O. The number of hydrogen-bond donors (Lipinski definition) is 2. The quantitative estimate of drug-likeness (QED) is 0.782. The van der Waals surface area contributed by atoms with Gasteiger partial charge in [0, 0.05) is 6.54 Å². The van der Waals surface area contributed by atoms with E-state index in [0.717, 1.165) is 25.1 Å². The van der Waals surface area contributed by atoms with Gasteiger partial charge in [0.1, 0.15) is 0 Å². The molecule has 0 aliphatic rings. The number of nitrogens with one attached hydrogen (secondary N) is 2. The van der Waals surface area contributed by atoms with Crippen molar-refractivity contribution < 1.29 is 18.0 Å². The van der Waals surface area contributed by atoms with Crippen molar-refractivity contribution in [3.05, 3.63) is 35.4 Å².